The van der Waals surface area contributed by atoms with Crippen LogP contribution in [0, 0.1) is 13.8 Å². The molecule has 0 N–H and O–H groups in total. The van der Waals surface area contributed by atoms with E-state index >= 15 is 0 Å². The number of likely N-dealkylation sites (N-methyl/N-ethyl adjacent to an activating group) is 1. The summed E-state index contributed by atoms with van der Waals surface area (Å²) < 4.78 is 0. The lowest BCUT2D eigenvalue weighted by molar-refractivity contribution is 0.137. The van der Waals surface area contributed by atoms with Crippen molar-refractivity contribution in [1.29, 1.82) is 0 Å². The zero-order valence-electron chi connectivity index (χ0n) is 14.5. The maximum atomic E-state index is 2.66. The Morgan fingerprint density at radius 3 is 1.96 bits per heavy atom. The highest BCUT2D eigenvalue weighted by atomic mass is 15.2. The first-order chi connectivity index (χ1) is 11.1. The molecule has 2 saturated heterocycles. The van der Waals surface area contributed by atoms with Crippen LogP contribution in [0.1, 0.15) is 53.4 Å². The fourth-order valence-corrected chi connectivity index (χ4v) is 4.87. The molecule has 0 unspecified atom stereocenters. The Morgan fingerprint density at radius 1 is 0.783 bits per heavy atom. The Hall–Kier alpha value is -1.60. The van der Waals surface area contributed by atoms with Crippen LogP contribution in [0.3, 0.4) is 0 Å². The number of fused-ring (bicyclic) bond motifs is 2. The first kappa shape index (κ1) is 15.0. The van der Waals surface area contributed by atoms with Gasteiger partial charge in [0.15, 0.2) is 0 Å². The summed E-state index contributed by atoms with van der Waals surface area (Å²) in [6.07, 6.45) is 4.02. The maximum Gasteiger partial charge on any atom is 0.0170 e. The van der Waals surface area contributed by atoms with Crippen LogP contribution in [-0.4, -0.2) is 24.0 Å². The molecule has 2 fully saturated rings. The van der Waals surface area contributed by atoms with Crippen molar-refractivity contribution in [3.05, 3.63) is 70.8 Å². The van der Waals surface area contributed by atoms with E-state index < -0.39 is 0 Å². The molecule has 23 heavy (non-hydrogen) atoms. The van der Waals surface area contributed by atoms with Gasteiger partial charge >= 0.3 is 0 Å². The topological polar surface area (TPSA) is 3.24 Å². The Bertz CT molecular complexity index is 670. The molecular formula is C22H27N. The highest BCUT2D eigenvalue weighted by Gasteiger charge is 2.46. The molecule has 0 amide bonds. The van der Waals surface area contributed by atoms with E-state index in [1.54, 1.807) is 0 Å². The third-order valence-corrected chi connectivity index (χ3v) is 6.24. The van der Waals surface area contributed by atoms with Crippen molar-refractivity contribution < 1.29 is 0 Å². The van der Waals surface area contributed by atoms with Crippen molar-refractivity contribution in [2.45, 2.75) is 57.0 Å². The molecule has 4 atom stereocenters. The molecule has 0 aliphatic carbocycles. The Balaban J connectivity index is 1.76. The number of hydrogen-bond acceptors (Lipinski definition) is 1. The van der Waals surface area contributed by atoms with Crippen molar-refractivity contribution in [2.24, 2.45) is 0 Å². The third kappa shape index (κ3) is 2.61. The van der Waals surface area contributed by atoms with Gasteiger partial charge in [-0.1, -0.05) is 59.7 Å². The van der Waals surface area contributed by atoms with Gasteiger partial charge in [-0.25, -0.2) is 0 Å². The molecule has 0 radical (unpaired) electrons. The highest BCUT2D eigenvalue weighted by Crippen LogP contribution is 2.50. The van der Waals surface area contributed by atoms with Gasteiger partial charge in [-0.05, 0) is 57.2 Å². The van der Waals surface area contributed by atoms with Crippen molar-refractivity contribution in [3.8, 4) is 0 Å². The van der Waals surface area contributed by atoms with Crippen LogP contribution in [-0.2, 0) is 0 Å². The standard InChI is InChI=1S/C22H27N/c1-15-4-8-17(9-5-15)20-14-19-12-13-21(23(19)3)22(20)18-10-6-16(2)7-11-18/h4-11,19-22H,12-14H2,1-3H3/t19-,20+,21+,22-/m0/s1. The summed E-state index contributed by atoms with van der Waals surface area (Å²) in [5.41, 5.74) is 5.77. The SMILES string of the molecule is Cc1ccc([C@H]2[C@@H](c3ccc(C)cc3)C[C@@H]3CC[C@H]2N3C)cc1. The Morgan fingerprint density at radius 2 is 1.35 bits per heavy atom. The lowest BCUT2D eigenvalue weighted by Crippen LogP contribution is -2.44. The Labute approximate surface area is 140 Å². The zero-order chi connectivity index (χ0) is 16.0. The second kappa shape index (κ2) is 5.79. The molecule has 2 aliphatic rings. The van der Waals surface area contributed by atoms with E-state index in [0.717, 1.165) is 6.04 Å². The summed E-state index contributed by atoms with van der Waals surface area (Å²) in [4.78, 5) is 2.66. The minimum atomic E-state index is 0.627. The van der Waals surface area contributed by atoms with Crippen LogP contribution in [0.2, 0.25) is 0 Å². The van der Waals surface area contributed by atoms with Crippen LogP contribution in [0.25, 0.3) is 0 Å². The highest BCUT2D eigenvalue weighted by molar-refractivity contribution is 5.35. The molecule has 1 nitrogen and oxygen atoms in total. The number of nitrogens with zero attached hydrogens (tertiary/aromatic N) is 1. The van der Waals surface area contributed by atoms with E-state index in [-0.39, 0.29) is 0 Å². The smallest absolute Gasteiger partial charge is 0.0170 e. The van der Waals surface area contributed by atoms with Gasteiger partial charge < -0.3 is 0 Å². The number of piperidine rings is 1. The molecule has 1 heteroatoms. The average Bonchev–Trinajstić information content (AvgIpc) is 2.80. The van der Waals surface area contributed by atoms with Gasteiger partial charge in [0.2, 0.25) is 0 Å². The van der Waals surface area contributed by atoms with Gasteiger partial charge in [-0.15, -0.1) is 0 Å². The summed E-state index contributed by atoms with van der Waals surface area (Å²) in [7, 11) is 2.34. The van der Waals surface area contributed by atoms with Gasteiger partial charge in [0.05, 0.1) is 0 Å². The summed E-state index contributed by atoms with van der Waals surface area (Å²) >= 11 is 0. The summed E-state index contributed by atoms with van der Waals surface area (Å²) in [5, 5.41) is 0. The number of rotatable bonds is 2. The zero-order valence-corrected chi connectivity index (χ0v) is 14.5. The van der Waals surface area contributed by atoms with Gasteiger partial charge in [-0.3, -0.25) is 4.90 Å². The lowest BCUT2D eigenvalue weighted by atomic mass is 9.72. The summed E-state index contributed by atoms with van der Waals surface area (Å²) in [5.74, 6) is 1.29. The molecule has 0 aromatic heterocycles. The number of hydrogen-bond donors (Lipinski definition) is 0. The van der Waals surface area contributed by atoms with E-state index in [0.29, 0.717) is 17.9 Å². The van der Waals surface area contributed by atoms with Gasteiger partial charge in [0, 0.05) is 18.0 Å². The fraction of sp³-hybridized carbons (Fsp3) is 0.455. The van der Waals surface area contributed by atoms with Gasteiger partial charge in [-0.2, -0.15) is 0 Å². The first-order valence-electron chi connectivity index (χ1n) is 8.98. The molecule has 120 valence electrons. The average molecular weight is 305 g/mol. The van der Waals surface area contributed by atoms with Gasteiger partial charge in [0.1, 0.15) is 0 Å². The predicted octanol–water partition coefficient (Wildman–Crippen LogP) is 5.04. The van der Waals surface area contributed by atoms with Crippen molar-refractivity contribution in [3.63, 3.8) is 0 Å². The van der Waals surface area contributed by atoms with E-state index in [1.807, 2.05) is 0 Å². The van der Waals surface area contributed by atoms with Crippen LogP contribution < -0.4 is 0 Å². The minimum absolute atomic E-state index is 0.627. The van der Waals surface area contributed by atoms with E-state index in [1.165, 1.54) is 41.5 Å². The third-order valence-electron chi connectivity index (χ3n) is 6.24. The van der Waals surface area contributed by atoms with E-state index in [2.05, 4.69) is 74.3 Å². The quantitative estimate of drug-likeness (QED) is 0.751. The largest absolute Gasteiger partial charge is 0.300 e. The van der Waals surface area contributed by atoms with E-state index in [4.69, 9.17) is 0 Å². The predicted molar refractivity (Wildman–Crippen MR) is 97.0 cm³/mol. The lowest BCUT2D eigenvalue weighted by Gasteiger charge is -2.43. The minimum Gasteiger partial charge on any atom is -0.300 e. The van der Waals surface area contributed by atoms with Crippen LogP contribution in [0.5, 0.6) is 0 Å². The maximum absolute atomic E-state index is 2.66. The van der Waals surface area contributed by atoms with Crippen molar-refractivity contribution >= 4 is 0 Å². The molecule has 2 aliphatic heterocycles. The van der Waals surface area contributed by atoms with E-state index in [9.17, 15) is 0 Å². The monoisotopic (exact) mass is 305 g/mol. The fourth-order valence-electron chi connectivity index (χ4n) is 4.87. The van der Waals surface area contributed by atoms with Crippen molar-refractivity contribution in [2.75, 3.05) is 7.05 Å². The second-order valence-corrected chi connectivity index (χ2v) is 7.65. The van der Waals surface area contributed by atoms with Crippen molar-refractivity contribution in [1.82, 2.24) is 4.90 Å². The molecular weight excluding hydrogens is 278 g/mol. The summed E-state index contributed by atoms with van der Waals surface area (Å²) in [6, 6.07) is 20.1. The molecule has 2 aromatic rings. The molecule has 2 bridgehead atoms. The van der Waals surface area contributed by atoms with Crippen LogP contribution in [0.4, 0.5) is 0 Å². The van der Waals surface area contributed by atoms with Crippen LogP contribution in [0.15, 0.2) is 48.5 Å². The molecule has 2 heterocycles. The number of benzene rings is 2. The molecule has 4 rings (SSSR count). The molecule has 2 aromatic carbocycles. The number of aryl methyl sites for hydroxylation is 2. The molecule has 0 saturated carbocycles. The Kier molecular flexibility index (Phi) is 3.77. The first-order valence-corrected chi connectivity index (χ1v) is 8.98. The summed E-state index contributed by atoms with van der Waals surface area (Å²) in [6.45, 7) is 4.36. The van der Waals surface area contributed by atoms with Crippen LogP contribution >= 0.6 is 0 Å². The van der Waals surface area contributed by atoms with Gasteiger partial charge in [0.25, 0.3) is 0 Å². The molecule has 0 spiro atoms. The normalized spacial score (nSPS) is 30.6. The second-order valence-electron chi connectivity index (χ2n) is 7.65.